The van der Waals surface area contributed by atoms with E-state index in [0.717, 1.165) is 16.7 Å². The highest BCUT2D eigenvalue weighted by Crippen LogP contribution is 2.18. The molecule has 0 atom stereocenters. The van der Waals surface area contributed by atoms with Crippen molar-refractivity contribution in [2.24, 2.45) is 0 Å². The lowest BCUT2D eigenvalue weighted by Crippen LogP contribution is -1.87. The molecule has 2 aromatic heterocycles. The maximum Gasteiger partial charge on any atom is 0.124 e. The molecular formula is C8H10N4. The molecule has 0 aliphatic heterocycles. The van der Waals surface area contributed by atoms with E-state index < -0.39 is 0 Å². The SMILES string of the molecule is CNc1cc2cc(N)ncc2[nH]1. The molecule has 2 rings (SSSR count). The average molecular weight is 162 g/mol. The van der Waals surface area contributed by atoms with Gasteiger partial charge in [0.15, 0.2) is 0 Å². The summed E-state index contributed by atoms with van der Waals surface area (Å²) >= 11 is 0. The van der Waals surface area contributed by atoms with E-state index in [1.54, 1.807) is 6.20 Å². The van der Waals surface area contributed by atoms with E-state index >= 15 is 0 Å². The van der Waals surface area contributed by atoms with Crippen molar-refractivity contribution < 1.29 is 0 Å². The first-order valence-corrected chi connectivity index (χ1v) is 3.71. The van der Waals surface area contributed by atoms with Gasteiger partial charge in [-0.25, -0.2) is 4.98 Å². The predicted octanol–water partition coefficient (Wildman–Crippen LogP) is 1.19. The van der Waals surface area contributed by atoms with Crippen molar-refractivity contribution in [3.05, 3.63) is 18.3 Å². The minimum Gasteiger partial charge on any atom is -0.384 e. The summed E-state index contributed by atoms with van der Waals surface area (Å²) in [6.07, 6.45) is 1.73. The molecule has 0 fully saturated rings. The number of fused-ring (bicyclic) bond motifs is 1. The monoisotopic (exact) mass is 162 g/mol. The predicted molar refractivity (Wildman–Crippen MR) is 50.1 cm³/mol. The smallest absolute Gasteiger partial charge is 0.124 e. The van der Waals surface area contributed by atoms with Gasteiger partial charge in [0.05, 0.1) is 11.7 Å². The molecule has 2 aromatic rings. The van der Waals surface area contributed by atoms with Crippen molar-refractivity contribution in [3.63, 3.8) is 0 Å². The Kier molecular flexibility index (Phi) is 1.40. The van der Waals surface area contributed by atoms with Crippen LogP contribution in [-0.2, 0) is 0 Å². The molecule has 62 valence electrons. The number of anilines is 2. The Morgan fingerprint density at radius 2 is 2.33 bits per heavy atom. The van der Waals surface area contributed by atoms with Gasteiger partial charge in [0.2, 0.25) is 0 Å². The van der Waals surface area contributed by atoms with Crippen LogP contribution in [0.3, 0.4) is 0 Å². The van der Waals surface area contributed by atoms with Crippen LogP contribution in [0.4, 0.5) is 11.6 Å². The van der Waals surface area contributed by atoms with Gasteiger partial charge in [0.1, 0.15) is 11.6 Å². The molecule has 0 saturated carbocycles. The number of aromatic nitrogens is 2. The lowest BCUT2D eigenvalue weighted by atomic mass is 10.3. The van der Waals surface area contributed by atoms with Crippen LogP contribution in [0.25, 0.3) is 10.9 Å². The van der Waals surface area contributed by atoms with Crippen LogP contribution in [0.5, 0.6) is 0 Å². The second-order valence-electron chi connectivity index (χ2n) is 2.63. The fourth-order valence-corrected chi connectivity index (χ4v) is 1.18. The van der Waals surface area contributed by atoms with E-state index in [0.29, 0.717) is 5.82 Å². The Hall–Kier alpha value is -1.71. The Bertz CT molecular complexity index is 404. The maximum atomic E-state index is 5.53. The largest absolute Gasteiger partial charge is 0.384 e. The summed E-state index contributed by atoms with van der Waals surface area (Å²) in [4.78, 5) is 7.12. The minimum absolute atomic E-state index is 0.546. The zero-order valence-corrected chi connectivity index (χ0v) is 6.76. The van der Waals surface area contributed by atoms with Crippen molar-refractivity contribution in [2.45, 2.75) is 0 Å². The molecule has 0 spiro atoms. The number of rotatable bonds is 1. The summed E-state index contributed by atoms with van der Waals surface area (Å²) in [5.74, 6) is 1.52. The summed E-state index contributed by atoms with van der Waals surface area (Å²) in [5.41, 5.74) is 6.52. The molecule has 0 aliphatic carbocycles. The van der Waals surface area contributed by atoms with Crippen molar-refractivity contribution in [2.75, 3.05) is 18.1 Å². The van der Waals surface area contributed by atoms with Gasteiger partial charge in [-0.15, -0.1) is 0 Å². The van der Waals surface area contributed by atoms with Crippen molar-refractivity contribution in [1.82, 2.24) is 9.97 Å². The number of H-pyrrole nitrogens is 1. The summed E-state index contributed by atoms with van der Waals surface area (Å²) in [7, 11) is 1.86. The van der Waals surface area contributed by atoms with Crippen LogP contribution in [0, 0.1) is 0 Å². The minimum atomic E-state index is 0.546. The molecule has 4 heteroatoms. The Balaban J connectivity index is 2.67. The van der Waals surface area contributed by atoms with Crippen molar-refractivity contribution in [1.29, 1.82) is 0 Å². The zero-order valence-electron chi connectivity index (χ0n) is 6.76. The molecule has 0 aromatic carbocycles. The van der Waals surface area contributed by atoms with Crippen LogP contribution >= 0.6 is 0 Å². The van der Waals surface area contributed by atoms with Gasteiger partial charge in [-0.1, -0.05) is 0 Å². The van der Waals surface area contributed by atoms with Gasteiger partial charge in [0, 0.05) is 12.4 Å². The van der Waals surface area contributed by atoms with E-state index in [4.69, 9.17) is 5.73 Å². The van der Waals surface area contributed by atoms with Crippen molar-refractivity contribution in [3.8, 4) is 0 Å². The molecule has 12 heavy (non-hydrogen) atoms. The zero-order chi connectivity index (χ0) is 8.55. The highest BCUT2D eigenvalue weighted by molar-refractivity contribution is 5.84. The van der Waals surface area contributed by atoms with Crippen LogP contribution in [0.2, 0.25) is 0 Å². The van der Waals surface area contributed by atoms with Crippen LogP contribution in [-0.4, -0.2) is 17.0 Å². The first kappa shape index (κ1) is 6.97. The number of nitrogens with zero attached hydrogens (tertiary/aromatic N) is 1. The number of pyridine rings is 1. The lowest BCUT2D eigenvalue weighted by molar-refractivity contribution is 1.33. The van der Waals surface area contributed by atoms with Gasteiger partial charge in [0.25, 0.3) is 0 Å². The third kappa shape index (κ3) is 0.972. The molecule has 4 nitrogen and oxygen atoms in total. The first-order chi connectivity index (χ1) is 5.79. The summed E-state index contributed by atoms with van der Waals surface area (Å²) in [6.45, 7) is 0. The van der Waals surface area contributed by atoms with E-state index in [-0.39, 0.29) is 0 Å². The van der Waals surface area contributed by atoms with E-state index in [1.807, 2.05) is 19.2 Å². The maximum absolute atomic E-state index is 5.53. The van der Waals surface area contributed by atoms with E-state index in [9.17, 15) is 0 Å². The first-order valence-electron chi connectivity index (χ1n) is 3.71. The molecule has 0 unspecified atom stereocenters. The fourth-order valence-electron chi connectivity index (χ4n) is 1.18. The number of nitrogens with two attached hydrogens (primary N) is 1. The molecule has 2 heterocycles. The van der Waals surface area contributed by atoms with Crippen LogP contribution < -0.4 is 11.1 Å². The Labute approximate surface area is 69.8 Å². The standard InChI is InChI=1S/C8H10N4/c1-10-8-3-5-2-7(9)11-4-6(5)12-8/h2-4,10,12H,1H3,(H2,9,11). The van der Waals surface area contributed by atoms with Gasteiger partial charge in [-0.3, -0.25) is 0 Å². The topological polar surface area (TPSA) is 66.7 Å². The molecule has 0 radical (unpaired) electrons. The van der Waals surface area contributed by atoms with E-state index in [2.05, 4.69) is 15.3 Å². The number of nitrogen functional groups attached to an aromatic ring is 1. The second kappa shape index (κ2) is 2.41. The highest BCUT2D eigenvalue weighted by atomic mass is 15.0. The van der Waals surface area contributed by atoms with E-state index in [1.165, 1.54) is 0 Å². The van der Waals surface area contributed by atoms with Gasteiger partial charge < -0.3 is 16.0 Å². The van der Waals surface area contributed by atoms with Gasteiger partial charge in [-0.2, -0.15) is 0 Å². The Morgan fingerprint density at radius 3 is 3.08 bits per heavy atom. The van der Waals surface area contributed by atoms with Gasteiger partial charge in [-0.05, 0) is 12.1 Å². The number of hydrogen-bond donors (Lipinski definition) is 3. The number of hydrogen-bond acceptors (Lipinski definition) is 3. The summed E-state index contributed by atoms with van der Waals surface area (Å²) in [5, 5.41) is 4.09. The third-order valence-electron chi connectivity index (χ3n) is 1.80. The highest BCUT2D eigenvalue weighted by Gasteiger charge is 1.98. The molecule has 0 amide bonds. The lowest BCUT2D eigenvalue weighted by Gasteiger charge is -1.90. The summed E-state index contributed by atoms with van der Waals surface area (Å²) < 4.78 is 0. The molecule has 0 saturated heterocycles. The van der Waals surface area contributed by atoms with Crippen molar-refractivity contribution >= 4 is 22.5 Å². The molecule has 4 N–H and O–H groups in total. The van der Waals surface area contributed by atoms with Gasteiger partial charge >= 0.3 is 0 Å². The quantitative estimate of drug-likeness (QED) is 0.590. The molecular weight excluding hydrogens is 152 g/mol. The summed E-state index contributed by atoms with van der Waals surface area (Å²) in [6, 6.07) is 3.83. The number of aromatic amines is 1. The molecule has 0 bridgehead atoms. The second-order valence-corrected chi connectivity index (χ2v) is 2.63. The third-order valence-corrected chi connectivity index (χ3v) is 1.80. The Morgan fingerprint density at radius 1 is 1.50 bits per heavy atom. The van der Waals surface area contributed by atoms with Crippen LogP contribution in [0.15, 0.2) is 18.3 Å². The fraction of sp³-hybridized carbons (Fsp3) is 0.125. The number of nitrogens with one attached hydrogen (secondary N) is 2. The van der Waals surface area contributed by atoms with Crippen LogP contribution in [0.1, 0.15) is 0 Å². The average Bonchev–Trinajstić information content (AvgIpc) is 2.46. The molecule has 0 aliphatic rings. The normalized spacial score (nSPS) is 10.4.